The van der Waals surface area contributed by atoms with Gasteiger partial charge in [-0.25, -0.2) is 4.98 Å². The summed E-state index contributed by atoms with van der Waals surface area (Å²) in [4.78, 5) is 3.95. The lowest BCUT2D eigenvalue weighted by atomic mass is 9.88. The molecule has 13 heavy (non-hydrogen) atoms. The fraction of sp³-hybridized carbons (Fsp3) is 0.500. The predicted molar refractivity (Wildman–Crippen MR) is 60.5 cm³/mol. The minimum Gasteiger partial charge on any atom is -0.245 e. The van der Waals surface area contributed by atoms with Crippen LogP contribution >= 0.6 is 27.5 Å². The van der Waals surface area contributed by atoms with E-state index >= 15 is 0 Å². The SMILES string of the molecule is CC(C)(CBr)Cc1ccnc(Cl)c1. The van der Waals surface area contributed by atoms with Crippen LogP contribution in [0.3, 0.4) is 0 Å². The van der Waals surface area contributed by atoms with E-state index in [2.05, 4.69) is 34.8 Å². The molecule has 0 aliphatic rings. The molecule has 0 unspecified atom stereocenters. The number of aromatic nitrogens is 1. The average molecular weight is 263 g/mol. The second kappa shape index (κ2) is 4.43. The highest BCUT2D eigenvalue weighted by molar-refractivity contribution is 9.09. The smallest absolute Gasteiger partial charge is 0.129 e. The molecule has 0 aliphatic carbocycles. The molecule has 3 heteroatoms. The van der Waals surface area contributed by atoms with Gasteiger partial charge in [-0.3, -0.25) is 0 Å². The minimum atomic E-state index is 0.269. The van der Waals surface area contributed by atoms with E-state index < -0.39 is 0 Å². The van der Waals surface area contributed by atoms with Crippen molar-refractivity contribution >= 4 is 27.5 Å². The molecule has 0 saturated carbocycles. The summed E-state index contributed by atoms with van der Waals surface area (Å²) in [5, 5.41) is 1.56. The number of halogens is 2. The van der Waals surface area contributed by atoms with E-state index in [1.165, 1.54) is 5.56 Å². The Morgan fingerprint density at radius 3 is 2.77 bits per heavy atom. The number of rotatable bonds is 3. The maximum absolute atomic E-state index is 5.79. The first-order chi connectivity index (χ1) is 6.03. The topological polar surface area (TPSA) is 12.9 Å². The standard InChI is InChI=1S/C10H13BrClN/c1-10(2,7-11)6-8-3-4-13-9(12)5-8/h3-5H,6-7H2,1-2H3. The monoisotopic (exact) mass is 261 g/mol. The largest absolute Gasteiger partial charge is 0.245 e. The van der Waals surface area contributed by atoms with Gasteiger partial charge in [-0.1, -0.05) is 41.4 Å². The third-order valence-corrected chi connectivity index (χ3v) is 3.56. The Morgan fingerprint density at radius 2 is 2.23 bits per heavy atom. The summed E-state index contributed by atoms with van der Waals surface area (Å²) in [7, 11) is 0. The summed E-state index contributed by atoms with van der Waals surface area (Å²) in [6, 6.07) is 3.93. The molecule has 0 aliphatic heterocycles. The van der Waals surface area contributed by atoms with Crippen molar-refractivity contribution in [3.63, 3.8) is 0 Å². The number of hydrogen-bond acceptors (Lipinski definition) is 1. The molecule has 0 N–H and O–H groups in total. The molecule has 0 saturated heterocycles. The van der Waals surface area contributed by atoms with E-state index in [0.29, 0.717) is 5.15 Å². The normalized spacial score (nSPS) is 11.7. The van der Waals surface area contributed by atoms with Gasteiger partial charge in [-0.05, 0) is 29.5 Å². The Labute approximate surface area is 92.6 Å². The number of hydrogen-bond donors (Lipinski definition) is 0. The molecule has 1 rings (SSSR count). The lowest BCUT2D eigenvalue weighted by Gasteiger charge is -2.21. The summed E-state index contributed by atoms with van der Waals surface area (Å²) in [6.45, 7) is 4.44. The first-order valence-electron chi connectivity index (χ1n) is 4.20. The van der Waals surface area contributed by atoms with Crippen LogP contribution in [0.25, 0.3) is 0 Å². The molecule has 1 heterocycles. The molecule has 0 fully saturated rings. The second-order valence-electron chi connectivity index (χ2n) is 3.96. The van der Waals surface area contributed by atoms with E-state index in [-0.39, 0.29) is 5.41 Å². The van der Waals surface area contributed by atoms with Crippen LogP contribution in [0.2, 0.25) is 5.15 Å². The van der Waals surface area contributed by atoms with Crippen LogP contribution in [-0.4, -0.2) is 10.3 Å². The van der Waals surface area contributed by atoms with Gasteiger partial charge in [0.15, 0.2) is 0 Å². The fourth-order valence-corrected chi connectivity index (χ4v) is 1.55. The van der Waals surface area contributed by atoms with Crippen LogP contribution in [0.15, 0.2) is 18.3 Å². The summed E-state index contributed by atoms with van der Waals surface area (Å²) < 4.78 is 0. The molecule has 0 aromatic carbocycles. The third-order valence-electron chi connectivity index (χ3n) is 1.84. The number of alkyl halides is 1. The fourth-order valence-electron chi connectivity index (χ4n) is 1.15. The van der Waals surface area contributed by atoms with Crippen molar-refractivity contribution in [2.75, 3.05) is 5.33 Å². The molecule has 72 valence electrons. The van der Waals surface area contributed by atoms with Gasteiger partial charge >= 0.3 is 0 Å². The molecule has 0 atom stereocenters. The first kappa shape index (κ1) is 11.0. The summed E-state index contributed by atoms with van der Waals surface area (Å²) in [5.74, 6) is 0. The predicted octanol–water partition coefficient (Wildman–Crippen LogP) is 3.70. The summed E-state index contributed by atoms with van der Waals surface area (Å²) in [5.41, 5.74) is 1.51. The lowest BCUT2D eigenvalue weighted by molar-refractivity contribution is 0.425. The van der Waals surface area contributed by atoms with Crippen LogP contribution < -0.4 is 0 Å². The quantitative estimate of drug-likeness (QED) is 0.598. The maximum atomic E-state index is 5.79. The van der Waals surface area contributed by atoms with Crippen LogP contribution in [-0.2, 0) is 6.42 Å². The summed E-state index contributed by atoms with van der Waals surface area (Å²) in [6.07, 6.45) is 2.77. The van der Waals surface area contributed by atoms with Crippen molar-refractivity contribution in [1.29, 1.82) is 0 Å². The van der Waals surface area contributed by atoms with Crippen molar-refractivity contribution in [2.45, 2.75) is 20.3 Å². The van der Waals surface area contributed by atoms with Gasteiger partial charge in [0.2, 0.25) is 0 Å². The van der Waals surface area contributed by atoms with E-state index in [1.807, 2.05) is 12.1 Å². The zero-order valence-corrected chi connectivity index (χ0v) is 10.2. The van der Waals surface area contributed by atoms with Gasteiger partial charge in [-0.15, -0.1) is 0 Å². The number of nitrogens with zero attached hydrogens (tertiary/aromatic N) is 1. The zero-order valence-electron chi connectivity index (χ0n) is 7.85. The van der Waals surface area contributed by atoms with Crippen LogP contribution in [0, 0.1) is 5.41 Å². The van der Waals surface area contributed by atoms with Crippen molar-refractivity contribution in [2.24, 2.45) is 5.41 Å². The van der Waals surface area contributed by atoms with Gasteiger partial charge in [0.05, 0.1) is 0 Å². The van der Waals surface area contributed by atoms with Crippen LogP contribution in [0.1, 0.15) is 19.4 Å². The molecular formula is C10H13BrClN. The Morgan fingerprint density at radius 1 is 1.54 bits per heavy atom. The molecule has 0 spiro atoms. The van der Waals surface area contributed by atoms with E-state index in [4.69, 9.17) is 11.6 Å². The zero-order chi connectivity index (χ0) is 9.90. The lowest BCUT2D eigenvalue weighted by Crippen LogP contribution is -2.16. The van der Waals surface area contributed by atoms with Gasteiger partial charge < -0.3 is 0 Å². The molecule has 0 radical (unpaired) electrons. The molecule has 1 nitrogen and oxygen atoms in total. The molecular weight excluding hydrogens is 249 g/mol. The van der Waals surface area contributed by atoms with Crippen molar-refractivity contribution < 1.29 is 0 Å². The second-order valence-corrected chi connectivity index (χ2v) is 4.91. The van der Waals surface area contributed by atoms with Gasteiger partial charge in [-0.2, -0.15) is 0 Å². The highest BCUT2D eigenvalue weighted by atomic mass is 79.9. The Hall–Kier alpha value is -0.0800. The highest BCUT2D eigenvalue weighted by Gasteiger charge is 2.16. The van der Waals surface area contributed by atoms with E-state index in [0.717, 1.165) is 11.8 Å². The third kappa shape index (κ3) is 3.65. The van der Waals surface area contributed by atoms with Gasteiger partial charge in [0.1, 0.15) is 5.15 Å². The Bertz CT molecular complexity index is 286. The average Bonchev–Trinajstić information content (AvgIpc) is 2.03. The van der Waals surface area contributed by atoms with E-state index in [9.17, 15) is 0 Å². The summed E-state index contributed by atoms with van der Waals surface area (Å²) >= 11 is 9.29. The highest BCUT2D eigenvalue weighted by Crippen LogP contribution is 2.24. The van der Waals surface area contributed by atoms with Gasteiger partial charge in [0, 0.05) is 11.5 Å². The number of pyridine rings is 1. The maximum Gasteiger partial charge on any atom is 0.129 e. The minimum absolute atomic E-state index is 0.269. The molecule has 0 amide bonds. The molecule has 1 aromatic rings. The van der Waals surface area contributed by atoms with Crippen molar-refractivity contribution in [3.8, 4) is 0 Å². The van der Waals surface area contributed by atoms with E-state index in [1.54, 1.807) is 6.20 Å². The van der Waals surface area contributed by atoms with Crippen molar-refractivity contribution in [1.82, 2.24) is 4.98 Å². The molecule has 1 aromatic heterocycles. The first-order valence-corrected chi connectivity index (χ1v) is 5.70. The molecule has 0 bridgehead atoms. The van der Waals surface area contributed by atoms with Crippen molar-refractivity contribution in [3.05, 3.63) is 29.0 Å². The Kier molecular flexibility index (Phi) is 3.74. The van der Waals surface area contributed by atoms with Crippen LogP contribution in [0.5, 0.6) is 0 Å². The Balaban J connectivity index is 2.74. The van der Waals surface area contributed by atoms with Gasteiger partial charge in [0.25, 0.3) is 0 Å². The van der Waals surface area contributed by atoms with Crippen LogP contribution in [0.4, 0.5) is 0 Å².